The van der Waals surface area contributed by atoms with Crippen LogP contribution < -0.4 is 10.6 Å². The number of hydrogen-bond acceptors (Lipinski definition) is 4. The molecular weight excluding hydrogens is 306 g/mol. The van der Waals surface area contributed by atoms with E-state index in [2.05, 4.69) is 15.6 Å². The molecule has 112 valence electrons. The average Bonchev–Trinajstić information content (AvgIpc) is 3.17. The van der Waals surface area contributed by atoms with Gasteiger partial charge < -0.3 is 10.6 Å². The second kappa shape index (κ2) is 7.54. The van der Waals surface area contributed by atoms with Crippen molar-refractivity contribution in [2.75, 3.05) is 18.4 Å². The molecule has 1 amide bonds. The Hall–Kier alpha value is -1.43. The van der Waals surface area contributed by atoms with Crippen LogP contribution in [0.4, 0.5) is 5.13 Å². The Kier molecular flexibility index (Phi) is 5.73. The number of carbonyl (C=O) groups excluding carboxylic acids is 1. The summed E-state index contributed by atoms with van der Waals surface area (Å²) >= 11 is 1.50. The lowest BCUT2D eigenvalue weighted by Gasteiger charge is -2.03. The first-order valence-electron chi connectivity index (χ1n) is 6.83. The topological polar surface area (TPSA) is 54.0 Å². The third kappa shape index (κ3) is 4.81. The quantitative estimate of drug-likeness (QED) is 0.858. The summed E-state index contributed by atoms with van der Waals surface area (Å²) in [5.41, 5.74) is 1.12. The molecule has 0 unspecified atom stereocenters. The van der Waals surface area contributed by atoms with Gasteiger partial charge in [-0.1, -0.05) is 41.7 Å². The number of aromatic nitrogens is 1. The van der Waals surface area contributed by atoms with Crippen molar-refractivity contribution in [2.45, 2.75) is 12.8 Å². The molecule has 0 radical (unpaired) electrons. The molecule has 0 aliphatic heterocycles. The first kappa shape index (κ1) is 15.9. The third-order valence-electron chi connectivity index (χ3n) is 3.23. The fraction of sp³-hybridized carbons (Fsp3) is 0.333. The minimum atomic E-state index is -0.0281. The van der Waals surface area contributed by atoms with Crippen LogP contribution in [0.5, 0.6) is 0 Å². The van der Waals surface area contributed by atoms with Crippen LogP contribution in [0, 0.1) is 5.92 Å². The van der Waals surface area contributed by atoms with E-state index in [1.54, 1.807) is 6.20 Å². The highest BCUT2D eigenvalue weighted by atomic mass is 35.5. The van der Waals surface area contributed by atoms with E-state index >= 15 is 0 Å². The summed E-state index contributed by atoms with van der Waals surface area (Å²) in [4.78, 5) is 17.1. The highest BCUT2D eigenvalue weighted by molar-refractivity contribution is 7.19. The molecule has 6 heteroatoms. The number of thiazole rings is 1. The molecule has 1 heterocycles. The molecule has 1 saturated carbocycles. The first-order valence-corrected chi connectivity index (χ1v) is 7.65. The first-order chi connectivity index (χ1) is 9.81. The molecule has 1 aromatic carbocycles. The minimum Gasteiger partial charge on any atom is -0.308 e. The van der Waals surface area contributed by atoms with Crippen molar-refractivity contribution < 1.29 is 4.79 Å². The van der Waals surface area contributed by atoms with E-state index in [9.17, 15) is 4.79 Å². The van der Waals surface area contributed by atoms with Crippen molar-refractivity contribution in [3.63, 3.8) is 0 Å². The molecule has 21 heavy (non-hydrogen) atoms. The zero-order valence-electron chi connectivity index (χ0n) is 11.5. The Bertz CT molecular complexity index is 584. The van der Waals surface area contributed by atoms with Gasteiger partial charge >= 0.3 is 0 Å². The van der Waals surface area contributed by atoms with E-state index in [4.69, 9.17) is 0 Å². The lowest BCUT2D eigenvalue weighted by Crippen LogP contribution is -2.29. The minimum absolute atomic E-state index is 0. The van der Waals surface area contributed by atoms with Crippen LogP contribution in [-0.4, -0.2) is 24.0 Å². The summed E-state index contributed by atoms with van der Waals surface area (Å²) in [7, 11) is 0. The average molecular weight is 324 g/mol. The van der Waals surface area contributed by atoms with Gasteiger partial charge in [0.05, 0.1) is 11.4 Å². The maximum absolute atomic E-state index is 11.8. The van der Waals surface area contributed by atoms with Gasteiger partial charge in [0.25, 0.3) is 0 Å². The summed E-state index contributed by atoms with van der Waals surface area (Å²) in [6.45, 7) is 1.30. The number of carbonyl (C=O) groups is 1. The summed E-state index contributed by atoms with van der Waals surface area (Å²) in [6, 6.07) is 10.1. The predicted molar refractivity (Wildman–Crippen MR) is 89.0 cm³/mol. The number of halogens is 1. The van der Waals surface area contributed by atoms with Crippen LogP contribution in [-0.2, 0) is 4.79 Å². The lowest BCUT2D eigenvalue weighted by atomic mass is 10.2. The molecule has 0 saturated heterocycles. The SMILES string of the molecule is Cl.O=C(CNCC1CC1)Nc1ncc(-c2ccccc2)s1. The van der Waals surface area contributed by atoms with Gasteiger partial charge in [0.2, 0.25) is 5.91 Å². The molecular formula is C15H18ClN3OS. The molecule has 2 N–H and O–H groups in total. The smallest absolute Gasteiger partial charge is 0.240 e. The molecule has 0 bridgehead atoms. The van der Waals surface area contributed by atoms with Crippen molar-refractivity contribution in [1.82, 2.24) is 10.3 Å². The van der Waals surface area contributed by atoms with Crippen LogP contribution in [0.2, 0.25) is 0 Å². The Morgan fingerprint density at radius 1 is 1.29 bits per heavy atom. The second-order valence-corrected chi connectivity index (χ2v) is 6.05. The Labute approximate surface area is 134 Å². The number of amides is 1. The fourth-order valence-corrected chi connectivity index (χ4v) is 2.78. The van der Waals surface area contributed by atoms with Crippen LogP contribution in [0.25, 0.3) is 10.4 Å². The van der Waals surface area contributed by atoms with E-state index in [1.165, 1.54) is 24.2 Å². The van der Waals surface area contributed by atoms with Crippen LogP contribution in [0.1, 0.15) is 12.8 Å². The number of nitrogens with zero attached hydrogens (tertiary/aromatic N) is 1. The molecule has 3 rings (SSSR count). The van der Waals surface area contributed by atoms with Crippen molar-refractivity contribution >= 4 is 34.8 Å². The predicted octanol–water partition coefficient (Wildman–Crippen LogP) is 3.17. The van der Waals surface area contributed by atoms with Crippen LogP contribution in [0.15, 0.2) is 36.5 Å². The number of nitrogens with one attached hydrogen (secondary N) is 2. The molecule has 1 aromatic heterocycles. The van der Waals surface area contributed by atoms with Gasteiger partial charge in [-0.05, 0) is 30.9 Å². The van der Waals surface area contributed by atoms with Gasteiger partial charge in [0.1, 0.15) is 0 Å². The van der Waals surface area contributed by atoms with Crippen LogP contribution in [0.3, 0.4) is 0 Å². The zero-order chi connectivity index (χ0) is 13.8. The van der Waals surface area contributed by atoms with Gasteiger partial charge in [-0.25, -0.2) is 4.98 Å². The molecule has 1 aliphatic carbocycles. The number of anilines is 1. The maximum atomic E-state index is 11.8. The van der Waals surface area contributed by atoms with Crippen molar-refractivity contribution in [3.8, 4) is 10.4 Å². The summed E-state index contributed by atoms with van der Waals surface area (Å²) < 4.78 is 0. The number of rotatable bonds is 6. The monoisotopic (exact) mass is 323 g/mol. The van der Waals surface area contributed by atoms with E-state index < -0.39 is 0 Å². The maximum Gasteiger partial charge on any atom is 0.240 e. The molecule has 4 nitrogen and oxygen atoms in total. The summed E-state index contributed by atoms with van der Waals surface area (Å²) in [6.07, 6.45) is 4.39. The molecule has 0 spiro atoms. The second-order valence-electron chi connectivity index (χ2n) is 5.02. The standard InChI is InChI=1S/C15H17N3OS.ClH/c19-14(10-16-8-11-6-7-11)18-15-17-9-13(20-15)12-4-2-1-3-5-12;/h1-5,9,11,16H,6-8,10H2,(H,17,18,19);1H. The van der Waals surface area contributed by atoms with Gasteiger partial charge in [0.15, 0.2) is 5.13 Å². The Morgan fingerprint density at radius 3 is 2.76 bits per heavy atom. The van der Waals surface area contributed by atoms with Gasteiger partial charge in [0, 0.05) is 6.20 Å². The van der Waals surface area contributed by atoms with Crippen molar-refractivity contribution in [3.05, 3.63) is 36.5 Å². The van der Waals surface area contributed by atoms with Crippen molar-refractivity contribution in [1.29, 1.82) is 0 Å². The number of hydrogen-bond donors (Lipinski definition) is 2. The molecule has 1 aliphatic rings. The molecule has 1 fully saturated rings. The van der Waals surface area contributed by atoms with Crippen molar-refractivity contribution in [2.24, 2.45) is 5.92 Å². The third-order valence-corrected chi connectivity index (χ3v) is 4.19. The zero-order valence-corrected chi connectivity index (χ0v) is 13.2. The lowest BCUT2D eigenvalue weighted by molar-refractivity contribution is -0.115. The van der Waals surface area contributed by atoms with Gasteiger partial charge in [-0.2, -0.15) is 0 Å². The van der Waals surface area contributed by atoms with E-state index in [1.807, 2.05) is 30.3 Å². The largest absolute Gasteiger partial charge is 0.308 e. The molecule has 2 aromatic rings. The Balaban J connectivity index is 0.00000161. The van der Waals surface area contributed by atoms with E-state index in [0.29, 0.717) is 11.7 Å². The van der Waals surface area contributed by atoms with Gasteiger partial charge in [-0.15, -0.1) is 12.4 Å². The van der Waals surface area contributed by atoms with E-state index in [0.717, 1.165) is 22.9 Å². The van der Waals surface area contributed by atoms with Crippen LogP contribution >= 0.6 is 23.7 Å². The van der Waals surface area contributed by atoms with Gasteiger partial charge in [-0.3, -0.25) is 4.79 Å². The highest BCUT2D eigenvalue weighted by Gasteiger charge is 2.20. The number of benzene rings is 1. The fourth-order valence-electron chi connectivity index (χ4n) is 1.94. The normalized spacial score (nSPS) is 13.5. The summed E-state index contributed by atoms with van der Waals surface area (Å²) in [5, 5.41) is 6.66. The van der Waals surface area contributed by atoms with E-state index in [-0.39, 0.29) is 18.3 Å². The Morgan fingerprint density at radius 2 is 2.05 bits per heavy atom. The molecule has 0 atom stereocenters. The summed E-state index contributed by atoms with van der Waals surface area (Å²) in [5.74, 6) is 0.756. The highest BCUT2D eigenvalue weighted by Crippen LogP contribution is 2.29.